The highest BCUT2D eigenvalue weighted by Gasteiger charge is 2.10. The first-order valence-corrected chi connectivity index (χ1v) is 5.47. The third kappa shape index (κ3) is 4.49. The van der Waals surface area contributed by atoms with Crippen LogP contribution in [0.4, 0.5) is 0 Å². The Hall–Kier alpha value is -0.800. The highest BCUT2D eigenvalue weighted by atomic mass is 16.5. The van der Waals surface area contributed by atoms with Gasteiger partial charge in [0.15, 0.2) is 0 Å². The molecule has 1 N–H and O–H groups in total. The number of ether oxygens (including phenoxy) is 1. The number of methoxy groups -OCH3 is 1. The standard InChI is InChI=1S/C12H21NO2/c1-10(14-3)4-5-12(13-2)8-11-6-7-15-9-11/h6-7,9-10,12-13H,4-5,8H2,1-3H3. The highest BCUT2D eigenvalue weighted by Crippen LogP contribution is 2.10. The van der Waals surface area contributed by atoms with Crippen molar-refractivity contribution in [2.45, 2.75) is 38.3 Å². The zero-order valence-corrected chi connectivity index (χ0v) is 9.82. The third-order valence-electron chi connectivity index (χ3n) is 2.79. The molecule has 0 aliphatic rings. The van der Waals surface area contributed by atoms with Crippen LogP contribution in [0.2, 0.25) is 0 Å². The van der Waals surface area contributed by atoms with Crippen LogP contribution in [0, 0.1) is 0 Å². The van der Waals surface area contributed by atoms with Crippen LogP contribution < -0.4 is 5.32 Å². The quantitative estimate of drug-likeness (QED) is 0.751. The molecule has 2 atom stereocenters. The lowest BCUT2D eigenvalue weighted by Gasteiger charge is -2.17. The molecule has 15 heavy (non-hydrogen) atoms. The van der Waals surface area contributed by atoms with E-state index in [2.05, 4.69) is 12.2 Å². The summed E-state index contributed by atoms with van der Waals surface area (Å²) in [6.45, 7) is 2.10. The number of likely N-dealkylation sites (N-methyl/N-ethyl adjacent to an activating group) is 1. The summed E-state index contributed by atoms with van der Waals surface area (Å²) in [5, 5.41) is 3.32. The van der Waals surface area contributed by atoms with Gasteiger partial charge in [-0.15, -0.1) is 0 Å². The summed E-state index contributed by atoms with van der Waals surface area (Å²) in [4.78, 5) is 0. The molecule has 1 aromatic heterocycles. The van der Waals surface area contributed by atoms with E-state index in [1.54, 1.807) is 13.4 Å². The molecule has 1 aromatic rings. The van der Waals surface area contributed by atoms with Gasteiger partial charge in [-0.1, -0.05) is 0 Å². The van der Waals surface area contributed by atoms with Gasteiger partial charge in [0.2, 0.25) is 0 Å². The van der Waals surface area contributed by atoms with Crippen LogP contribution in [-0.4, -0.2) is 26.3 Å². The molecule has 0 spiro atoms. The first-order chi connectivity index (χ1) is 7.26. The fraction of sp³-hybridized carbons (Fsp3) is 0.667. The van der Waals surface area contributed by atoms with Gasteiger partial charge in [-0.3, -0.25) is 0 Å². The van der Waals surface area contributed by atoms with E-state index in [1.165, 1.54) is 5.56 Å². The first-order valence-electron chi connectivity index (χ1n) is 5.47. The van der Waals surface area contributed by atoms with Crippen molar-refractivity contribution in [3.63, 3.8) is 0 Å². The first kappa shape index (κ1) is 12.3. The molecule has 3 heteroatoms. The molecule has 0 saturated carbocycles. The van der Waals surface area contributed by atoms with Crippen molar-refractivity contribution in [2.24, 2.45) is 0 Å². The minimum absolute atomic E-state index is 0.338. The van der Waals surface area contributed by atoms with Crippen LogP contribution in [-0.2, 0) is 11.2 Å². The summed E-state index contributed by atoms with van der Waals surface area (Å²) in [7, 11) is 3.76. The van der Waals surface area contributed by atoms with E-state index in [0.717, 1.165) is 19.3 Å². The summed E-state index contributed by atoms with van der Waals surface area (Å²) >= 11 is 0. The second kappa shape index (κ2) is 6.64. The Bertz CT molecular complexity index is 246. The molecule has 0 saturated heterocycles. The van der Waals surface area contributed by atoms with Crippen LogP contribution in [0.15, 0.2) is 23.0 Å². The number of hydrogen-bond acceptors (Lipinski definition) is 3. The zero-order chi connectivity index (χ0) is 11.1. The lowest BCUT2D eigenvalue weighted by atomic mass is 10.0. The van der Waals surface area contributed by atoms with Crippen LogP contribution in [0.1, 0.15) is 25.3 Å². The zero-order valence-electron chi connectivity index (χ0n) is 9.82. The van der Waals surface area contributed by atoms with Gasteiger partial charge >= 0.3 is 0 Å². The molecule has 1 rings (SSSR count). The average molecular weight is 211 g/mol. The molecule has 86 valence electrons. The van der Waals surface area contributed by atoms with Crippen molar-refractivity contribution in [2.75, 3.05) is 14.2 Å². The molecular formula is C12H21NO2. The third-order valence-corrected chi connectivity index (χ3v) is 2.79. The van der Waals surface area contributed by atoms with E-state index in [4.69, 9.17) is 9.15 Å². The lowest BCUT2D eigenvalue weighted by Crippen LogP contribution is -2.28. The van der Waals surface area contributed by atoms with E-state index in [9.17, 15) is 0 Å². The van der Waals surface area contributed by atoms with E-state index in [0.29, 0.717) is 12.1 Å². The van der Waals surface area contributed by atoms with Crippen molar-refractivity contribution in [1.29, 1.82) is 0 Å². The Labute approximate surface area is 91.8 Å². The molecule has 0 fully saturated rings. The van der Waals surface area contributed by atoms with Gasteiger partial charge in [0.25, 0.3) is 0 Å². The minimum atomic E-state index is 0.338. The summed E-state index contributed by atoms with van der Waals surface area (Å²) in [6.07, 6.45) is 7.09. The van der Waals surface area contributed by atoms with Gasteiger partial charge in [0.1, 0.15) is 0 Å². The van der Waals surface area contributed by atoms with Crippen molar-refractivity contribution in [1.82, 2.24) is 5.32 Å². The summed E-state index contributed by atoms with van der Waals surface area (Å²) in [6, 6.07) is 2.52. The van der Waals surface area contributed by atoms with Crippen molar-refractivity contribution < 1.29 is 9.15 Å². The van der Waals surface area contributed by atoms with Gasteiger partial charge in [-0.2, -0.15) is 0 Å². The van der Waals surface area contributed by atoms with Gasteiger partial charge in [0.05, 0.1) is 18.6 Å². The molecular weight excluding hydrogens is 190 g/mol. The Kier molecular flexibility index (Phi) is 5.43. The normalized spacial score (nSPS) is 15.1. The molecule has 2 unspecified atom stereocenters. The maximum Gasteiger partial charge on any atom is 0.0935 e. The summed E-state index contributed by atoms with van der Waals surface area (Å²) in [5.41, 5.74) is 1.25. The molecule has 0 bridgehead atoms. The molecule has 0 radical (unpaired) electrons. The Morgan fingerprint density at radius 2 is 2.27 bits per heavy atom. The number of hydrogen-bond donors (Lipinski definition) is 1. The Morgan fingerprint density at radius 1 is 1.47 bits per heavy atom. The van der Waals surface area contributed by atoms with Crippen molar-refractivity contribution >= 4 is 0 Å². The Balaban J connectivity index is 2.30. The molecule has 0 amide bonds. The van der Waals surface area contributed by atoms with Crippen molar-refractivity contribution in [3.8, 4) is 0 Å². The maximum absolute atomic E-state index is 5.23. The van der Waals surface area contributed by atoms with E-state index < -0.39 is 0 Å². The van der Waals surface area contributed by atoms with Gasteiger partial charge < -0.3 is 14.5 Å². The lowest BCUT2D eigenvalue weighted by molar-refractivity contribution is 0.106. The topological polar surface area (TPSA) is 34.4 Å². The summed E-state index contributed by atoms with van der Waals surface area (Å²) in [5.74, 6) is 0. The Morgan fingerprint density at radius 3 is 2.80 bits per heavy atom. The molecule has 0 aromatic carbocycles. The second-order valence-corrected chi connectivity index (χ2v) is 3.94. The average Bonchev–Trinajstić information content (AvgIpc) is 2.76. The van der Waals surface area contributed by atoms with Gasteiger partial charge in [0, 0.05) is 13.2 Å². The van der Waals surface area contributed by atoms with Crippen molar-refractivity contribution in [3.05, 3.63) is 24.2 Å². The van der Waals surface area contributed by atoms with Gasteiger partial charge in [-0.25, -0.2) is 0 Å². The molecule has 1 heterocycles. The van der Waals surface area contributed by atoms with Gasteiger partial charge in [-0.05, 0) is 44.9 Å². The van der Waals surface area contributed by atoms with E-state index in [-0.39, 0.29) is 0 Å². The SMILES string of the molecule is CNC(CCC(C)OC)Cc1ccoc1. The predicted octanol–water partition coefficient (Wildman–Crippen LogP) is 2.23. The highest BCUT2D eigenvalue weighted by molar-refractivity contribution is 5.07. The molecule has 0 aliphatic heterocycles. The van der Waals surface area contributed by atoms with E-state index >= 15 is 0 Å². The van der Waals surface area contributed by atoms with Crippen LogP contribution in [0.3, 0.4) is 0 Å². The second-order valence-electron chi connectivity index (χ2n) is 3.94. The largest absolute Gasteiger partial charge is 0.472 e. The van der Waals surface area contributed by atoms with E-state index in [1.807, 2.05) is 19.4 Å². The number of nitrogens with one attached hydrogen (secondary N) is 1. The molecule has 3 nitrogen and oxygen atoms in total. The van der Waals surface area contributed by atoms with Crippen LogP contribution >= 0.6 is 0 Å². The number of rotatable bonds is 7. The maximum atomic E-state index is 5.23. The van der Waals surface area contributed by atoms with Crippen LogP contribution in [0.5, 0.6) is 0 Å². The smallest absolute Gasteiger partial charge is 0.0935 e. The minimum Gasteiger partial charge on any atom is -0.472 e. The number of furan rings is 1. The predicted molar refractivity (Wildman–Crippen MR) is 61.0 cm³/mol. The fourth-order valence-electron chi connectivity index (χ4n) is 1.60. The fourth-order valence-corrected chi connectivity index (χ4v) is 1.60. The molecule has 0 aliphatic carbocycles. The summed E-state index contributed by atoms with van der Waals surface area (Å²) < 4.78 is 10.3. The monoisotopic (exact) mass is 211 g/mol. The van der Waals surface area contributed by atoms with Crippen LogP contribution in [0.25, 0.3) is 0 Å².